The van der Waals surface area contributed by atoms with Gasteiger partial charge >= 0.3 is 0 Å². The van der Waals surface area contributed by atoms with Gasteiger partial charge in [-0.15, -0.1) is 0 Å². The summed E-state index contributed by atoms with van der Waals surface area (Å²) in [7, 11) is 0. The van der Waals surface area contributed by atoms with Gasteiger partial charge in [-0.25, -0.2) is 0 Å². The fourth-order valence-electron chi connectivity index (χ4n) is 3.16. The summed E-state index contributed by atoms with van der Waals surface area (Å²) in [6, 6.07) is 22.4. The van der Waals surface area contributed by atoms with Crippen LogP contribution in [0.4, 0.5) is 0 Å². The van der Waals surface area contributed by atoms with Crippen molar-refractivity contribution in [2.45, 2.75) is 25.3 Å². The van der Waals surface area contributed by atoms with Gasteiger partial charge in [0.1, 0.15) is 36.9 Å². The number of aliphatic hydroxyl groups excluding tert-OH is 2. The Balaban J connectivity index is 1.27. The van der Waals surface area contributed by atoms with Crippen LogP contribution in [0, 0.1) is 0 Å². The number of nitrogens with one attached hydrogen (secondary N) is 2. The van der Waals surface area contributed by atoms with Crippen LogP contribution in [-0.4, -0.2) is 48.7 Å². The summed E-state index contributed by atoms with van der Waals surface area (Å²) in [4.78, 5) is 0. The molecule has 3 rings (SSSR count). The van der Waals surface area contributed by atoms with Crippen molar-refractivity contribution in [3.05, 3.63) is 94.0 Å². The summed E-state index contributed by atoms with van der Waals surface area (Å²) < 4.78 is 11.1. The van der Waals surface area contributed by atoms with Gasteiger partial charge < -0.3 is 30.3 Å². The normalized spacial score (nSPS) is 12.8. The summed E-state index contributed by atoms with van der Waals surface area (Å²) in [6.45, 7) is 2.49. The lowest BCUT2D eigenvalue weighted by molar-refractivity contribution is 0.106. The number of rotatable bonds is 14. The molecular weight excluding hydrogens is 475 g/mol. The molecule has 6 nitrogen and oxygen atoms in total. The van der Waals surface area contributed by atoms with E-state index in [-0.39, 0.29) is 13.2 Å². The van der Waals surface area contributed by atoms with E-state index in [9.17, 15) is 10.2 Å². The predicted molar refractivity (Wildman–Crippen MR) is 136 cm³/mol. The van der Waals surface area contributed by atoms with Crippen molar-refractivity contribution in [3.8, 4) is 11.5 Å². The molecule has 2 unspecified atom stereocenters. The van der Waals surface area contributed by atoms with E-state index in [0.717, 1.165) is 11.1 Å². The van der Waals surface area contributed by atoms with Gasteiger partial charge in [0, 0.05) is 36.2 Å². The zero-order valence-corrected chi connectivity index (χ0v) is 20.3. The van der Waals surface area contributed by atoms with E-state index < -0.39 is 12.2 Å². The molecule has 0 radical (unpaired) electrons. The van der Waals surface area contributed by atoms with Crippen LogP contribution < -0.4 is 20.1 Å². The second-order valence-corrected chi connectivity index (χ2v) is 8.80. The van der Waals surface area contributed by atoms with Gasteiger partial charge in [-0.05, 0) is 47.5 Å². The number of hydrogen-bond acceptors (Lipinski definition) is 6. The molecule has 0 spiro atoms. The maximum absolute atomic E-state index is 10.1. The second kappa shape index (κ2) is 14.2. The third-order valence-electron chi connectivity index (χ3n) is 4.92. The van der Waals surface area contributed by atoms with E-state index in [1.54, 1.807) is 48.5 Å². The molecule has 0 fully saturated rings. The predicted octanol–water partition coefficient (Wildman–Crippen LogP) is 4.05. The summed E-state index contributed by atoms with van der Waals surface area (Å²) in [6.07, 6.45) is -1.26. The van der Waals surface area contributed by atoms with Crippen molar-refractivity contribution in [2.24, 2.45) is 0 Å². The van der Waals surface area contributed by atoms with Crippen molar-refractivity contribution >= 4 is 23.2 Å². The number of halogens is 2. The second-order valence-electron chi connectivity index (χ2n) is 7.92. The molecule has 0 amide bonds. The van der Waals surface area contributed by atoms with Crippen LogP contribution in [0.1, 0.15) is 11.1 Å². The lowest BCUT2D eigenvalue weighted by atomic mass is 10.1. The van der Waals surface area contributed by atoms with Gasteiger partial charge in [0.2, 0.25) is 0 Å². The Morgan fingerprint density at radius 1 is 0.647 bits per heavy atom. The van der Waals surface area contributed by atoms with Crippen molar-refractivity contribution in [2.75, 3.05) is 26.3 Å². The largest absolute Gasteiger partial charge is 0.491 e. The molecule has 3 aromatic carbocycles. The SMILES string of the molecule is OC(CNCc1ccc(CNCC(O)COc2cccc(Cl)c2)cc1)COc1cccc(Cl)c1. The van der Waals surface area contributed by atoms with Gasteiger partial charge in [-0.1, -0.05) is 59.6 Å². The quantitative estimate of drug-likeness (QED) is 0.265. The van der Waals surface area contributed by atoms with Crippen LogP contribution in [0.25, 0.3) is 0 Å². The zero-order chi connectivity index (χ0) is 24.2. The van der Waals surface area contributed by atoms with E-state index in [2.05, 4.69) is 10.6 Å². The van der Waals surface area contributed by atoms with Crippen molar-refractivity contribution < 1.29 is 19.7 Å². The van der Waals surface area contributed by atoms with Crippen molar-refractivity contribution in [1.29, 1.82) is 0 Å². The minimum absolute atomic E-state index is 0.188. The fourth-order valence-corrected chi connectivity index (χ4v) is 3.52. The summed E-state index contributed by atoms with van der Waals surface area (Å²) in [5, 5.41) is 27.9. The number of ether oxygens (including phenoxy) is 2. The molecule has 0 saturated heterocycles. The van der Waals surface area contributed by atoms with Crippen LogP contribution in [0.3, 0.4) is 0 Å². The first kappa shape index (κ1) is 26.3. The first-order valence-corrected chi connectivity index (χ1v) is 11.9. The molecule has 0 aromatic heterocycles. The Morgan fingerprint density at radius 2 is 1.06 bits per heavy atom. The monoisotopic (exact) mass is 504 g/mol. The van der Waals surface area contributed by atoms with Crippen molar-refractivity contribution in [3.63, 3.8) is 0 Å². The lowest BCUT2D eigenvalue weighted by Crippen LogP contribution is -2.31. The number of aliphatic hydroxyl groups is 2. The van der Waals surface area contributed by atoms with E-state index in [1.165, 1.54) is 0 Å². The van der Waals surface area contributed by atoms with Gasteiger partial charge in [-0.3, -0.25) is 0 Å². The highest BCUT2D eigenvalue weighted by Gasteiger charge is 2.07. The summed E-state index contributed by atoms with van der Waals surface area (Å²) >= 11 is 11.8. The molecule has 2 atom stereocenters. The Labute approximate surface area is 210 Å². The maximum Gasteiger partial charge on any atom is 0.120 e. The van der Waals surface area contributed by atoms with E-state index in [0.29, 0.717) is 47.7 Å². The highest BCUT2D eigenvalue weighted by molar-refractivity contribution is 6.31. The van der Waals surface area contributed by atoms with E-state index >= 15 is 0 Å². The average Bonchev–Trinajstić information content (AvgIpc) is 2.83. The van der Waals surface area contributed by atoms with Gasteiger partial charge in [0.25, 0.3) is 0 Å². The maximum atomic E-state index is 10.1. The zero-order valence-electron chi connectivity index (χ0n) is 18.8. The topological polar surface area (TPSA) is 83.0 Å². The number of benzene rings is 3. The fraction of sp³-hybridized carbons (Fsp3) is 0.308. The van der Waals surface area contributed by atoms with Crippen LogP contribution in [0.2, 0.25) is 10.0 Å². The smallest absolute Gasteiger partial charge is 0.120 e. The molecule has 34 heavy (non-hydrogen) atoms. The van der Waals surface area contributed by atoms with E-state index in [4.69, 9.17) is 32.7 Å². The standard InChI is InChI=1S/C26H30Cl2N2O4/c27-21-3-1-5-25(11-21)33-17-23(31)15-29-13-19-7-9-20(10-8-19)14-30-16-24(32)18-34-26-6-2-4-22(28)12-26/h1-12,23-24,29-32H,13-18H2. The van der Waals surface area contributed by atoms with Gasteiger partial charge in [0.15, 0.2) is 0 Å². The molecule has 0 aliphatic heterocycles. The number of hydrogen-bond donors (Lipinski definition) is 4. The Hall–Kier alpha value is -2.32. The van der Waals surface area contributed by atoms with Crippen LogP contribution in [0.15, 0.2) is 72.8 Å². The lowest BCUT2D eigenvalue weighted by Gasteiger charge is -2.14. The van der Waals surface area contributed by atoms with Crippen molar-refractivity contribution in [1.82, 2.24) is 10.6 Å². The van der Waals surface area contributed by atoms with Gasteiger partial charge in [-0.2, -0.15) is 0 Å². The Kier molecular flexibility index (Phi) is 11.0. The minimum Gasteiger partial charge on any atom is -0.491 e. The highest BCUT2D eigenvalue weighted by Crippen LogP contribution is 2.18. The molecule has 3 aromatic rings. The Morgan fingerprint density at radius 3 is 1.44 bits per heavy atom. The van der Waals surface area contributed by atoms with E-state index in [1.807, 2.05) is 24.3 Å². The molecule has 0 saturated carbocycles. The summed E-state index contributed by atoms with van der Waals surface area (Å²) in [5.41, 5.74) is 2.23. The van der Waals surface area contributed by atoms with Crippen LogP contribution in [-0.2, 0) is 13.1 Å². The average molecular weight is 505 g/mol. The molecule has 8 heteroatoms. The van der Waals surface area contributed by atoms with Crippen LogP contribution >= 0.6 is 23.2 Å². The molecule has 0 heterocycles. The van der Waals surface area contributed by atoms with Gasteiger partial charge in [0.05, 0.1) is 0 Å². The first-order valence-electron chi connectivity index (χ1n) is 11.1. The first-order chi connectivity index (χ1) is 16.5. The molecule has 4 N–H and O–H groups in total. The third kappa shape index (κ3) is 9.89. The molecule has 0 aliphatic rings. The minimum atomic E-state index is -0.628. The molecule has 182 valence electrons. The molecule has 0 bridgehead atoms. The Bertz CT molecular complexity index is 924. The third-order valence-corrected chi connectivity index (χ3v) is 5.39. The molecule has 0 aliphatic carbocycles. The highest BCUT2D eigenvalue weighted by atomic mass is 35.5. The molecular formula is C26H30Cl2N2O4. The summed E-state index contributed by atoms with van der Waals surface area (Å²) in [5.74, 6) is 1.27. The van der Waals surface area contributed by atoms with Crippen LogP contribution in [0.5, 0.6) is 11.5 Å².